The molecule has 1 rings (SSSR count). The SMILES string of the molecule is COCCOCCCCN=C(N)N1CCCCCC1. The van der Waals surface area contributed by atoms with Gasteiger partial charge in [0.05, 0.1) is 13.2 Å². The van der Waals surface area contributed by atoms with Gasteiger partial charge in [-0.25, -0.2) is 0 Å². The van der Waals surface area contributed by atoms with Crippen molar-refractivity contribution in [1.82, 2.24) is 4.90 Å². The minimum absolute atomic E-state index is 0.667. The first-order chi connectivity index (χ1) is 9.34. The number of hydrogen-bond acceptors (Lipinski definition) is 3. The number of hydrogen-bond donors (Lipinski definition) is 1. The second kappa shape index (κ2) is 11.1. The van der Waals surface area contributed by atoms with E-state index < -0.39 is 0 Å². The van der Waals surface area contributed by atoms with Crippen LogP contribution in [0.25, 0.3) is 0 Å². The third-order valence-corrected chi connectivity index (χ3v) is 3.33. The first kappa shape index (κ1) is 16.2. The van der Waals surface area contributed by atoms with Gasteiger partial charge in [-0.15, -0.1) is 0 Å². The molecule has 0 atom stereocenters. The fourth-order valence-electron chi connectivity index (χ4n) is 2.15. The molecule has 0 aromatic carbocycles. The fraction of sp³-hybridized carbons (Fsp3) is 0.929. The van der Waals surface area contributed by atoms with Crippen molar-refractivity contribution in [1.29, 1.82) is 0 Å². The Hall–Kier alpha value is -0.810. The fourth-order valence-corrected chi connectivity index (χ4v) is 2.15. The number of unbranched alkanes of at least 4 members (excludes halogenated alkanes) is 1. The van der Waals surface area contributed by atoms with Crippen LogP contribution in [0.4, 0.5) is 0 Å². The zero-order valence-corrected chi connectivity index (χ0v) is 12.3. The lowest BCUT2D eigenvalue weighted by Gasteiger charge is -2.21. The molecule has 0 aliphatic carbocycles. The highest BCUT2D eigenvalue weighted by molar-refractivity contribution is 5.78. The molecular weight excluding hydrogens is 242 g/mol. The number of nitrogens with zero attached hydrogens (tertiary/aromatic N) is 2. The van der Waals surface area contributed by atoms with Gasteiger partial charge in [-0.1, -0.05) is 12.8 Å². The number of nitrogens with two attached hydrogens (primary N) is 1. The lowest BCUT2D eigenvalue weighted by atomic mass is 10.2. The summed E-state index contributed by atoms with van der Waals surface area (Å²) >= 11 is 0. The molecule has 5 nitrogen and oxygen atoms in total. The van der Waals surface area contributed by atoms with Crippen molar-refractivity contribution in [3.8, 4) is 0 Å². The molecule has 0 amide bonds. The largest absolute Gasteiger partial charge is 0.382 e. The van der Waals surface area contributed by atoms with E-state index in [0.29, 0.717) is 13.2 Å². The van der Waals surface area contributed by atoms with E-state index in [1.54, 1.807) is 7.11 Å². The molecule has 2 N–H and O–H groups in total. The molecule has 112 valence electrons. The van der Waals surface area contributed by atoms with E-state index in [1.165, 1.54) is 25.7 Å². The van der Waals surface area contributed by atoms with Crippen LogP contribution < -0.4 is 5.73 Å². The monoisotopic (exact) mass is 271 g/mol. The Morgan fingerprint density at radius 3 is 2.47 bits per heavy atom. The van der Waals surface area contributed by atoms with Gasteiger partial charge in [0, 0.05) is 33.4 Å². The normalized spacial score (nSPS) is 17.5. The summed E-state index contributed by atoms with van der Waals surface area (Å²) in [5.74, 6) is 0.724. The molecule has 1 heterocycles. The standard InChI is InChI=1S/C14H29N3O2/c1-18-12-13-19-11-7-4-8-16-14(15)17-9-5-2-3-6-10-17/h2-13H2,1H3,(H2,15,16). The van der Waals surface area contributed by atoms with Crippen LogP contribution in [0, 0.1) is 0 Å². The van der Waals surface area contributed by atoms with Crippen LogP contribution >= 0.6 is 0 Å². The topological polar surface area (TPSA) is 60.1 Å². The van der Waals surface area contributed by atoms with Crippen LogP contribution in [0.5, 0.6) is 0 Å². The third kappa shape index (κ3) is 8.06. The highest BCUT2D eigenvalue weighted by atomic mass is 16.5. The molecule has 0 aromatic heterocycles. The molecule has 19 heavy (non-hydrogen) atoms. The van der Waals surface area contributed by atoms with Gasteiger partial charge in [0.1, 0.15) is 0 Å². The molecule has 0 bridgehead atoms. The molecule has 1 saturated heterocycles. The first-order valence-corrected chi connectivity index (χ1v) is 7.46. The van der Waals surface area contributed by atoms with Crippen molar-refractivity contribution in [3.63, 3.8) is 0 Å². The van der Waals surface area contributed by atoms with Gasteiger partial charge in [0.25, 0.3) is 0 Å². The summed E-state index contributed by atoms with van der Waals surface area (Å²) in [5.41, 5.74) is 6.03. The van der Waals surface area contributed by atoms with Crippen molar-refractivity contribution < 1.29 is 9.47 Å². The van der Waals surface area contributed by atoms with E-state index >= 15 is 0 Å². The van der Waals surface area contributed by atoms with Gasteiger partial charge in [-0.3, -0.25) is 4.99 Å². The minimum atomic E-state index is 0.667. The summed E-state index contributed by atoms with van der Waals surface area (Å²) in [6, 6.07) is 0. The lowest BCUT2D eigenvalue weighted by molar-refractivity contribution is 0.0690. The van der Waals surface area contributed by atoms with Crippen molar-refractivity contribution in [3.05, 3.63) is 0 Å². The van der Waals surface area contributed by atoms with Crippen LogP contribution in [0.2, 0.25) is 0 Å². The van der Waals surface area contributed by atoms with Crippen molar-refractivity contribution in [2.75, 3.05) is 46.6 Å². The predicted molar refractivity (Wildman–Crippen MR) is 78.5 cm³/mol. The molecule has 1 fully saturated rings. The highest BCUT2D eigenvalue weighted by Crippen LogP contribution is 2.09. The number of aliphatic imine (C=N–C) groups is 1. The highest BCUT2D eigenvalue weighted by Gasteiger charge is 2.10. The maximum Gasteiger partial charge on any atom is 0.191 e. The molecule has 1 aliphatic heterocycles. The van der Waals surface area contributed by atoms with E-state index in [-0.39, 0.29) is 0 Å². The Morgan fingerprint density at radius 2 is 1.79 bits per heavy atom. The zero-order valence-electron chi connectivity index (χ0n) is 12.3. The Balaban J connectivity index is 2.03. The summed E-state index contributed by atoms with van der Waals surface area (Å²) in [7, 11) is 1.68. The summed E-state index contributed by atoms with van der Waals surface area (Å²) in [5, 5.41) is 0. The second-order valence-corrected chi connectivity index (χ2v) is 4.95. The zero-order chi connectivity index (χ0) is 13.8. The second-order valence-electron chi connectivity index (χ2n) is 4.95. The minimum Gasteiger partial charge on any atom is -0.382 e. The first-order valence-electron chi connectivity index (χ1n) is 7.46. The van der Waals surface area contributed by atoms with E-state index in [4.69, 9.17) is 15.2 Å². The van der Waals surface area contributed by atoms with Gasteiger partial charge in [-0.05, 0) is 25.7 Å². The van der Waals surface area contributed by atoms with E-state index in [2.05, 4.69) is 9.89 Å². The van der Waals surface area contributed by atoms with Gasteiger partial charge in [-0.2, -0.15) is 0 Å². The Morgan fingerprint density at radius 1 is 1.05 bits per heavy atom. The Kier molecular flexibility index (Phi) is 9.45. The predicted octanol–water partition coefficient (Wildman–Crippen LogP) is 1.62. The maximum absolute atomic E-state index is 6.03. The lowest BCUT2D eigenvalue weighted by Crippen LogP contribution is -2.38. The molecule has 0 unspecified atom stereocenters. The molecule has 0 aromatic rings. The average Bonchev–Trinajstić information content (AvgIpc) is 2.70. The molecule has 5 heteroatoms. The van der Waals surface area contributed by atoms with E-state index in [9.17, 15) is 0 Å². The van der Waals surface area contributed by atoms with Crippen molar-refractivity contribution >= 4 is 5.96 Å². The van der Waals surface area contributed by atoms with Crippen LogP contribution in [0.3, 0.4) is 0 Å². The average molecular weight is 271 g/mol. The van der Waals surface area contributed by atoms with Gasteiger partial charge >= 0.3 is 0 Å². The molecule has 0 radical (unpaired) electrons. The van der Waals surface area contributed by atoms with Crippen molar-refractivity contribution in [2.45, 2.75) is 38.5 Å². The summed E-state index contributed by atoms with van der Waals surface area (Å²) in [6.07, 6.45) is 7.18. The summed E-state index contributed by atoms with van der Waals surface area (Å²) in [6.45, 7) is 5.05. The van der Waals surface area contributed by atoms with E-state index in [0.717, 1.165) is 45.0 Å². The summed E-state index contributed by atoms with van der Waals surface area (Å²) in [4.78, 5) is 6.69. The summed E-state index contributed by atoms with van der Waals surface area (Å²) < 4.78 is 10.3. The number of rotatable bonds is 8. The third-order valence-electron chi connectivity index (χ3n) is 3.33. The van der Waals surface area contributed by atoms with Gasteiger partial charge < -0.3 is 20.1 Å². The maximum atomic E-state index is 6.03. The molecule has 0 saturated carbocycles. The number of methoxy groups -OCH3 is 1. The number of guanidine groups is 1. The molecular formula is C14H29N3O2. The van der Waals surface area contributed by atoms with Crippen molar-refractivity contribution in [2.24, 2.45) is 10.7 Å². The Labute approximate surface area is 117 Å². The Bertz CT molecular complexity index is 239. The van der Waals surface area contributed by atoms with E-state index in [1.807, 2.05) is 0 Å². The van der Waals surface area contributed by atoms with Crippen LogP contribution in [0.15, 0.2) is 4.99 Å². The molecule has 0 spiro atoms. The van der Waals surface area contributed by atoms with Crippen LogP contribution in [0.1, 0.15) is 38.5 Å². The number of likely N-dealkylation sites (tertiary alicyclic amines) is 1. The smallest absolute Gasteiger partial charge is 0.191 e. The van der Waals surface area contributed by atoms with Gasteiger partial charge in [0.2, 0.25) is 0 Å². The van der Waals surface area contributed by atoms with Crippen LogP contribution in [-0.4, -0.2) is 57.4 Å². The van der Waals surface area contributed by atoms with Crippen LogP contribution in [-0.2, 0) is 9.47 Å². The quantitative estimate of drug-likeness (QED) is 0.414. The number of ether oxygens (including phenoxy) is 2. The van der Waals surface area contributed by atoms with Gasteiger partial charge in [0.15, 0.2) is 5.96 Å². The molecule has 1 aliphatic rings.